The van der Waals surface area contributed by atoms with Gasteiger partial charge in [-0.2, -0.15) is 0 Å². The highest BCUT2D eigenvalue weighted by molar-refractivity contribution is 7.93. The molecule has 0 atom stereocenters. The quantitative estimate of drug-likeness (QED) is 0.561. The molecule has 7 nitrogen and oxygen atoms in total. The molecule has 9 heteroatoms. The Bertz CT molecular complexity index is 1220. The topological polar surface area (TPSA) is 101 Å². The van der Waals surface area contributed by atoms with Crippen molar-refractivity contribution >= 4 is 38.0 Å². The van der Waals surface area contributed by atoms with Gasteiger partial charge in [0.05, 0.1) is 4.90 Å². The van der Waals surface area contributed by atoms with Crippen LogP contribution in [-0.2, 0) is 22.9 Å². The molecule has 0 aliphatic heterocycles. The van der Waals surface area contributed by atoms with Crippen LogP contribution in [0, 0.1) is 0 Å². The molecule has 1 aliphatic carbocycles. The standard InChI is InChI=1S/C21H20N4O3S2/c1-2-19-23-24-21(29-19)25-30(27,28)17-11-9-16(10-12-17)22-13-15-8-7-14-5-3-4-6-18(14)20(15)26/h3-6,9-13,22H,2,7-8H2,1H3,(H,24,25). The fourth-order valence-corrected chi connectivity index (χ4v) is 5.08. The molecule has 0 unspecified atom stereocenters. The van der Waals surface area contributed by atoms with E-state index in [1.54, 1.807) is 18.3 Å². The van der Waals surface area contributed by atoms with Crippen molar-refractivity contribution < 1.29 is 13.2 Å². The first-order chi connectivity index (χ1) is 14.5. The molecule has 0 fully saturated rings. The Hall–Kier alpha value is -3.04. The van der Waals surface area contributed by atoms with E-state index in [4.69, 9.17) is 0 Å². The second-order valence-electron chi connectivity index (χ2n) is 6.78. The van der Waals surface area contributed by atoms with Crippen LogP contribution < -0.4 is 10.0 Å². The van der Waals surface area contributed by atoms with E-state index < -0.39 is 10.0 Å². The number of fused-ring (bicyclic) bond motifs is 1. The molecule has 3 aromatic rings. The van der Waals surface area contributed by atoms with Gasteiger partial charge in [0.1, 0.15) is 5.01 Å². The Kier molecular flexibility index (Phi) is 5.65. The Labute approximate surface area is 178 Å². The molecular weight excluding hydrogens is 420 g/mol. The van der Waals surface area contributed by atoms with E-state index in [1.165, 1.54) is 23.5 Å². The predicted octanol–water partition coefficient (Wildman–Crippen LogP) is 4.03. The number of allylic oxidation sites excluding steroid dienone is 1. The van der Waals surface area contributed by atoms with Gasteiger partial charge < -0.3 is 5.32 Å². The molecule has 1 heterocycles. The Morgan fingerprint density at radius 2 is 1.83 bits per heavy atom. The average molecular weight is 441 g/mol. The number of sulfonamides is 1. The number of ketones is 1. The summed E-state index contributed by atoms with van der Waals surface area (Å²) in [5, 5.41) is 11.9. The molecule has 0 bridgehead atoms. The maximum atomic E-state index is 12.6. The van der Waals surface area contributed by atoms with Crippen LogP contribution in [-0.4, -0.2) is 24.4 Å². The van der Waals surface area contributed by atoms with Gasteiger partial charge in [-0.1, -0.05) is 42.5 Å². The van der Waals surface area contributed by atoms with Crippen molar-refractivity contribution in [2.45, 2.75) is 31.1 Å². The van der Waals surface area contributed by atoms with Gasteiger partial charge >= 0.3 is 0 Å². The lowest BCUT2D eigenvalue weighted by Crippen LogP contribution is -2.15. The Morgan fingerprint density at radius 1 is 1.07 bits per heavy atom. The van der Waals surface area contributed by atoms with Crippen molar-refractivity contribution in [1.29, 1.82) is 0 Å². The number of carbonyl (C=O) groups excluding carboxylic acids is 1. The number of hydrogen-bond donors (Lipinski definition) is 2. The van der Waals surface area contributed by atoms with E-state index in [0.29, 0.717) is 24.1 Å². The van der Waals surface area contributed by atoms with E-state index in [0.717, 1.165) is 22.6 Å². The maximum absolute atomic E-state index is 12.6. The van der Waals surface area contributed by atoms with E-state index >= 15 is 0 Å². The fourth-order valence-electron chi connectivity index (χ4n) is 3.17. The number of rotatable bonds is 6. The minimum atomic E-state index is -3.74. The lowest BCUT2D eigenvalue weighted by Gasteiger charge is -2.17. The molecule has 2 aromatic carbocycles. The third kappa shape index (κ3) is 4.27. The van der Waals surface area contributed by atoms with Gasteiger partial charge in [-0.05, 0) is 49.1 Å². The molecular formula is C21H20N4O3S2. The highest BCUT2D eigenvalue weighted by Crippen LogP contribution is 2.25. The van der Waals surface area contributed by atoms with Crippen molar-refractivity contribution in [3.8, 4) is 0 Å². The van der Waals surface area contributed by atoms with Gasteiger partial charge in [0.15, 0.2) is 5.78 Å². The van der Waals surface area contributed by atoms with Crippen LogP contribution in [0.4, 0.5) is 10.8 Å². The SMILES string of the molecule is CCc1nnc(NS(=O)(=O)c2ccc(NC=C3CCc4ccccc4C3=O)cc2)s1. The predicted molar refractivity (Wildman–Crippen MR) is 117 cm³/mol. The molecule has 0 amide bonds. The molecule has 2 N–H and O–H groups in total. The normalized spacial score (nSPS) is 15.1. The summed E-state index contributed by atoms with van der Waals surface area (Å²) in [6, 6.07) is 14.0. The monoisotopic (exact) mass is 440 g/mol. The highest BCUT2D eigenvalue weighted by atomic mass is 32.2. The number of benzene rings is 2. The Morgan fingerprint density at radius 3 is 2.57 bits per heavy atom. The zero-order valence-electron chi connectivity index (χ0n) is 16.3. The molecule has 4 rings (SSSR count). The molecule has 0 saturated carbocycles. The summed E-state index contributed by atoms with van der Waals surface area (Å²) in [6.45, 7) is 1.93. The van der Waals surface area contributed by atoms with Crippen molar-refractivity contribution in [2.75, 3.05) is 10.0 Å². The zero-order valence-corrected chi connectivity index (χ0v) is 17.9. The minimum Gasteiger partial charge on any atom is -0.361 e. The molecule has 154 valence electrons. The van der Waals surface area contributed by atoms with Crippen molar-refractivity contribution in [2.24, 2.45) is 0 Å². The summed E-state index contributed by atoms with van der Waals surface area (Å²) in [4.78, 5) is 12.7. The zero-order chi connectivity index (χ0) is 21.1. The van der Waals surface area contributed by atoms with Crippen molar-refractivity contribution in [3.05, 3.63) is 76.4 Å². The minimum absolute atomic E-state index is 0.0243. The number of anilines is 2. The Balaban J connectivity index is 1.45. The second kappa shape index (κ2) is 8.37. The fraction of sp³-hybridized carbons (Fsp3) is 0.190. The lowest BCUT2D eigenvalue weighted by molar-refractivity contribution is 0.102. The van der Waals surface area contributed by atoms with Crippen molar-refractivity contribution in [1.82, 2.24) is 10.2 Å². The first-order valence-corrected chi connectivity index (χ1v) is 11.8. The molecule has 0 radical (unpaired) electrons. The number of aromatic nitrogens is 2. The molecule has 30 heavy (non-hydrogen) atoms. The van der Waals surface area contributed by atoms with Gasteiger partial charge in [0, 0.05) is 23.0 Å². The number of hydrogen-bond acceptors (Lipinski definition) is 7. The van der Waals surface area contributed by atoms with Crippen LogP contribution in [0.5, 0.6) is 0 Å². The first-order valence-electron chi connectivity index (χ1n) is 9.50. The summed E-state index contributed by atoms with van der Waals surface area (Å²) < 4.78 is 27.5. The summed E-state index contributed by atoms with van der Waals surface area (Å²) >= 11 is 1.21. The number of Topliss-reactive ketones (excluding diaryl/α,β-unsaturated/α-hetero) is 1. The molecule has 1 aliphatic rings. The second-order valence-corrected chi connectivity index (χ2v) is 9.53. The van der Waals surface area contributed by atoms with Crippen LogP contribution in [0.2, 0.25) is 0 Å². The van der Waals surface area contributed by atoms with E-state index in [1.807, 2.05) is 31.2 Å². The van der Waals surface area contributed by atoms with E-state index in [9.17, 15) is 13.2 Å². The maximum Gasteiger partial charge on any atom is 0.263 e. The summed E-state index contributed by atoms with van der Waals surface area (Å²) in [5.41, 5.74) is 3.21. The van der Waals surface area contributed by atoms with Crippen LogP contribution in [0.25, 0.3) is 0 Å². The summed E-state index contributed by atoms with van der Waals surface area (Å²) in [6.07, 6.45) is 3.89. The number of aryl methyl sites for hydroxylation is 2. The van der Waals surface area contributed by atoms with Gasteiger partial charge in [-0.3, -0.25) is 9.52 Å². The highest BCUT2D eigenvalue weighted by Gasteiger charge is 2.21. The number of nitrogens with zero attached hydrogens (tertiary/aromatic N) is 2. The van der Waals surface area contributed by atoms with Gasteiger partial charge in [-0.25, -0.2) is 8.42 Å². The van der Waals surface area contributed by atoms with Gasteiger partial charge in [0.2, 0.25) is 5.13 Å². The van der Waals surface area contributed by atoms with Gasteiger partial charge in [0.25, 0.3) is 10.0 Å². The first kappa shape index (κ1) is 20.2. The summed E-state index contributed by atoms with van der Waals surface area (Å²) in [5.74, 6) is 0.0243. The number of nitrogens with one attached hydrogen (secondary N) is 2. The van der Waals surface area contributed by atoms with Crippen LogP contribution in [0.3, 0.4) is 0 Å². The lowest BCUT2D eigenvalue weighted by atomic mass is 9.87. The van der Waals surface area contributed by atoms with Crippen LogP contribution in [0.15, 0.2) is 65.2 Å². The van der Waals surface area contributed by atoms with Crippen LogP contribution >= 0.6 is 11.3 Å². The van der Waals surface area contributed by atoms with Crippen LogP contribution in [0.1, 0.15) is 34.3 Å². The molecule has 1 aromatic heterocycles. The third-order valence-corrected chi connectivity index (χ3v) is 7.25. The van der Waals surface area contributed by atoms with E-state index in [2.05, 4.69) is 20.2 Å². The van der Waals surface area contributed by atoms with Crippen molar-refractivity contribution in [3.63, 3.8) is 0 Å². The average Bonchev–Trinajstić information content (AvgIpc) is 3.20. The smallest absolute Gasteiger partial charge is 0.263 e. The molecule has 0 spiro atoms. The number of carbonyl (C=O) groups is 1. The largest absolute Gasteiger partial charge is 0.361 e. The van der Waals surface area contributed by atoms with Gasteiger partial charge in [-0.15, -0.1) is 10.2 Å². The summed E-state index contributed by atoms with van der Waals surface area (Å²) in [7, 11) is -3.74. The third-order valence-electron chi connectivity index (χ3n) is 4.79. The molecule has 0 saturated heterocycles. The van der Waals surface area contributed by atoms with E-state index in [-0.39, 0.29) is 15.8 Å².